The van der Waals surface area contributed by atoms with Crippen molar-refractivity contribution in [2.75, 3.05) is 19.6 Å². The number of aryl methyl sites for hydroxylation is 2. The minimum absolute atomic E-state index is 0.0906. The number of carbonyl (C=O) groups is 1. The molecule has 0 unspecified atom stereocenters. The van der Waals surface area contributed by atoms with Gasteiger partial charge in [0.2, 0.25) is 10.0 Å². The third kappa shape index (κ3) is 3.75. The second kappa shape index (κ2) is 6.62. The first-order valence-electron chi connectivity index (χ1n) is 7.18. The number of hydrogen-bond donors (Lipinski definition) is 1. The Balaban J connectivity index is 2.02. The van der Waals surface area contributed by atoms with E-state index in [2.05, 4.69) is 16.5 Å². The van der Waals surface area contributed by atoms with Crippen LogP contribution in [0.15, 0.2) is 16.5 Å². The molecule has 1 aliphatic heterocycles. The van der Waals surface area contributed by atoms with E-state index >= 15 is 0 Å². The van der Waals surface area contributed by atoms with Crippen LogP contribution in [0.4, 0.5) is 0 Å². The van der Waals surface area contributed by atoms with Gasteiger partial charge in [0.05, 0.1) is 5.69 Å². The molecule has 0 aromatic carbocycles. The summed E-state index contributed by atoms with van der Waals surface area (Å²) in [6.07, 6.45) is 1.72. The highest BCUT2D eigenvalue weighted by atomic mass is 32.2. The summed E-state index contributed by atoms with van der Waals surface area (Å²) in [7, 11) is -3.43. The van der Waals surface area contributed by atoms with Crippen molar-refractivity contribution >= 4 is 15.9 Å². The molecule has 1 aromatic rings. The molecule has 1 N–H and O–H groups in total. The number of sulfonamides is 1. The summed E-state index contributed by atoms with van der Waals surface area (Å²) < 4.78 is 30.3. The molecule has 2 heterocycles. The second-order valence-corrected chi connectivity index (χ2v) is 7.23. The fourth-order valence-electron chi connectivity index (χ4n) is 2.66. The molecule has 0 radical (unpaired) electrons. The van der Waals surface area contributed by atoms with Gasteiger partial charge in [0, 0.05) is 25.0 Å². The van der Waals surface area contributed by atoms with Gasteiger partial charge in [-0.25, -0.2) is 13.1 Å². The monoisotopic (exact) mass is 327 g/mol. The van der Waals surface area contributed by atoms with Crippen molar-refractivity contribution in [3.63, 3.8) is 0 Å². The molecule has 0 aliphatic carbocycles. The number of hydrogen-bond acceptors (Lipinski definition) is 5. The van der Waals surface area contributed by atoms with Crippen molar-refractivity contribution in [3.8, 4) is 0 Å². The Labute approximate surface area is 130 Å². The average molecular weight is 327 g/mol. The van der Waals surface area contributed by atoms with Crippen LogP contribution in [0.3, 0.4) is 0 Å². The highest BCUT2D eigenvalue weighted by Crippen LogP contribution is 2.21. The molecule has 2 rings (SSSR count). The lowest BCUT2D eigenvalue weighted by molar-refractivity contribution is 0.0674. The third-order valence-corrected chi connectivity index (χ3v) is 4.85. The van der Waals surface area contributed by atoms with E-state index in [0.717, 1.165) is 18.2 Å². The SMILES string of the molecule is C=CS(=O)(=O)NC[C@H]1CCCN(C(=O)c2c(C)noc2C)C1. The summed E-state index contributed by atoms with van der Waals surface area (Å²) in [6.45, 7) is 8.20. The van der Waals surface area contributed by atoms with Gasteiger partial charge in [0.1, 0.15) is 11.3 Å². The fraction of sp³-hybridized carbons (Fsp3) is 0.571. The smallest absolute Gasteiger partial charge is 0.259 e. The molecule has 1 amide bonds. The summed E-state index contributed by atoms with van der Waals surface area (Å²) in [6, 6.07) is 0. The number of rotatable bonds is 5. The molecular formula is C14H21N3O4S. The Morgan fingerprint density at radius 1 is 1.55 bits per heavy atom. The summed E-state index contributed by atoms with van der Waals surface area (Å²) in [4.78, 5) is 14.3. The second-order valence-electron chi connectivity index (χ2n) is 5.52. The number of aromatic nitrogens is 1. The summed E-state index contributed by atoms with van der Waals surface area (Å²) in [5.41, 5.74) is 1.09. The van der Waals surface area contributed by atoms with Crippen LogP contribution in [0.25, 0.3) is 0 Å². The van der Waals surface area contributed by atoms with Crippen LogP contribution in [-0.2, 0) is 10.0 Å². The Hall–Kier alpha value is -1.67. The number of piperidine rings is 1. The Kier molecular flexibility index (Phi) is 5.02. The average Bonchev–Trinajstić information content (AvgIpc) is 2.84. The van der Waals surface area contributed by atoms with Crippen LogP contribution in [0, 0.1) is 19.8 Å². The third-order valence-electron chi connectivity index (χ3n) is 3.85. The molecule has 8 heteroatoms. The van der Waals surface area contributed by atoms with Gasteiger partial charge in [-0.2, -0.15) is 0 Å². The van der Waals surface area contributed by atoms with Crippen LogP contribution < -0.4 is 4.72 Å². The van der Waals surface area contributed by atoms with Crippen LogP contribution in [-0.4, -0.2) is 44.0 Å². The number of likely N-dealkylation sites (tertiary alicyclic amines) is 1. The van der Waals surface area contributed by atoms with E-state index < -0.39 is 10.0 Å². The van der Waals surface area contributed by atoms with Crippen molar-refractivity contribution in [2.24, 2.45) is 5.92 Å². The zero-order valence-corrected chi connectivity index (χ0v) is 13.6. The molecule has 1 fully saturated rings. The summed E-state index contributed by atoms with van der Waals surface area (Å²) in [5, 5.41) is 4.70. The first-order valence-corrected chi connectivity index (χ1v) is 8.73. The van der Waals surface area contributed by atoms with Gasteiger partial charge in [-0.3, -0.25) is 4.79 Å². The number of amides is 1. The fourth-order valence-corrected chi connectivity index (χ4v) is 3.24. The first-order chi connectivity index (χ1) is 10.3. The maximum absolute atomic E-state index is 12.6. The zero-order chi connectivity index (χ0) is 16.3. The van der Waals surface area contributed by atoms with Crippen LogP contribution >= 0.6 is 0 Å². The Morgan fingerprint density at radius 3 is 2.86 bits per heavy atom. The maximum atomic E-state index is 12.6. The molecule has 1 saturated heterocycles. The molecule has 1 atom stereocenters. The summed E-state index contributed by atoms with van der Waals surface area (Å²) >= 11 is 0. The predicted octanol–water partition coefficient (Wildman–Crippen LogP) is 1.21. The predicted molar refractivity (Wildman–Crippen MR) is 81.7 cm³/mol. The molecular weight excluding hydrogens is 306 g/mol. The van der Waals surface area contributed by atoms with Gasteiger partial charge in [-0.15, -0.1) is 0 Å². The quantitative estimate of drug-likeness (QED) is 0.877. The first kappa shape index (κ1) is 16.7. The van der Waals surface area contributed by atoms with Crippen molar-refractivity contribution < 1.29 is 17.7 Å². The molecule has 0 saturated carbocycles. The summed E-state index contributed by atoms with van der Waals surface area (Å²) in [5.74, 6) is 0.498. The number of nitrogens with one attached hydrogen (secondary N) is 1. The van der Waals surface area contributed by atoms with Crippen molar-refractivity contribution in [1.82, 2.24) is 14.8 Å². The molecule has 1 aliphatic rings. The molecule has 0 bridgehead atoms. The van der Waals surface area contributed by atoms with Crippen molar-refractivity contribution in [3.05, 3.63) is 29.0 Å². The lowest BCUT2D eigenvalue weighted by atomic mass is 9.97. The minimum Gasteiger partial charge on any atom is -0.361 e. The van der Waals surface area contributed by atoms with Crippen LogP contribution in [0.2, 0.25) is 0 Å². The number of carbonyl (C=O) groups excluding carboxylic acids is 1. The van der Waals surface area contributed by atoms with Gasteiger partial charge in [-0.1, -0.05) is 11.7 Å². The Morgan fingerprint density at radius 2 is 2.27 bits per heavy atom. The van der Waals surface area contributed by atoms with E-state index in [0.29, 0.717) is 36.7 Å². The minimum atomic E-state index is -3.43. The van der Waals surface area contributed by atoms with Gasteiger partial charge in [0.25, 0.3) is 5.91 Å². The van der Waals surface area contributed by atoms with E-state index in [4.69, 9.17) is 4.52 Å². The largest absolute Gasteiger partial charge is 0.361 e. The van der Waals surface area contributed by atoms with E-state index in [9.17, 15) is 13.2 Å². The van der Waals surface area contributed by atoms with Crippen LogP contribution in [0.1, 0.15) is 34.7 Å². The van der Waals surface area contributed by atoms with Crippen molar-refractivity contribution in [1.29, 1.82) is 0 Å². The molecule has 0 spiro atoms. The lowest BCUT2D eigenvalue weighted by Gasteiger charge is -2.32. The van der Waals surface area contributed by atoms with Gasteiger partial charge in [-0.05, 0) is 32.6 Å². The van der Waals surface area contributed by atoms with E-state index in [1.807, 2.05) is 0 Å². The molecule has 7 nitrogen and oxygen atoms in total. The van der Waals surface area contributed by atoms with E-state index in [1.54, 1.807) is 18.7 Å². The molecule has 1 aromatic heterocycles. The normalized spacial score (nSPS) is 19.2. The van der Waals surface area contributed by atoms with E-state index in [-0.39, 0.29) is 11.8 Å². The Bertz CT molecular complexity index is 646. The maximum Gasteiger partial charge on any atom is 0.259 e. The van der Waals surface area contributed by atoms with Gasteiger partial charge >= 0.3 is 0 Å². The van der Waals surface area contributed by atoms with Crippen molar-refractivity contribution in [2.45, 2.75) is 26.7 Å². The zero-order valence-electron chi connectivity index (χ0n) is 12.8. The standard InChI is InChI=1S/C14H21N3O4S/c1-4-22(19,20)15-8-12-6-5-7-17(9-12)14(18)13-10(2)16-21-11(13)3/h4,12,15H,1,5-9H2,2-3H3/t12-/m1/s1. The highest BCUT2D eigenvalue weighted by Gasteiger charge is 2.28. The van der Waals surface area contributed by atoms with Gasteiger partial charge < -0.3 is 9.42 Å². The topological polar surface area (TPSA) is 92.5 Å². The number of nitrogens with zero attached hydrogens (tertiary/aromatic N) is 2. The molecule has 122 valence electrons. The lowest BCUT2D eigenvalue weighted by Crippen LogP contribution is -2.43. The highest BCUT2D eigenvalue weighted by molar-refractivity contribution is 7.92. The van der Waals surface area contributed by atoms with Crippen LogP contribution in [0.5, 0.6) is 0 Å². The van der Waals surface area contributed by atoms with E-state index in [1.165, 1.54) is 0 Å². The van der Waals surface area contributed by atoms with Gasteiger partial charge in [0.15, 0.2) is 0 Å². The molecule has 22 heavy (non-hydrogen) atoms.